The number of hydrogen-bond donors (Lipinski definition) is 1. The van der Waals surface area contributed by atoms with E-state index in [0.717, 1.165) is 11.1 Å². The number of carbonyl (C=O) groups excluding carboxylic acids is 1. The molecule has 0 radical (unpaired) electrons. The Labute approximate surface area is 159 Å². The van der Waals surface area contributed by atoms with Gasteiger partial charge in [0.2, 0.25) is 5.91 Å². The number of nitro groups is 1. The number of amides is 1. The molecule has 132 valence electrons. The second-order valence-corrected chi connectivity index (χ2v) is 7.49. The molecule has 0 unspecified atom stereocenters. The van der Waals surface area contributed by atoms with Crippen LogP contribution in [0, 0.1) is 10.1 Å². The molecule has 0 aromatic heterocycles. The fraction of sp³-hybridized carbons (Fsp3) is 0.235. The lowest BCUT2D eigenvalue weighted by atomic mass is 10.1. The first-order valence-corrected chi connectivity index (χ1v) is 9.24. The predicted octanol–water partition coefficient (Wildman–Crippen LogP) is 5.01. The van der Waals surface area contributed by atoms with Gasteiger partial charge in [-0.2, -0.15) is 0 Å². The summed E-state index contributed by atoms with van der Waals surface area (Å²) >= 11 is 13.3. The molecular formula is C17H16Cl2N2O3S. The molecule has 0 bridgehead atoms. The van der Waals surface area contributed by atoms with Crippen molar-refractivity contribution < 1.29 is 9.72 Å². The van der Waals surface area contributed by atoms with E-state index >= 15 is 0 Å². The summed E-state index contributed by atoms with van der Waals surface area (Å²) in [5, 5.41) is 14.6. The Morgan fingerprint density at radius 1 is 1.28 bits per heavy atom. The molecule has 8 heteroatoms. The predicted molar refractivity (Wildman–Crippen MR) is 102 cm³/mol. The molecule has 1 amide bonds. The monoisotopic (exact) mass is 398 g/mol. The highest BCUT2D eigenvalue weighted by Gasteiger charge is 2.13. The van der Waals surface area contributed by atoms with Crippen LogP contribution in [-0.2, 0) is 11.3 Å². The van der Waals surface area contributed by atoms with Gasteiger partial charge in [0.25, 0.3) is 5.69 Å². The first-order chi connectivity index (χ1) is 11.9. The van der Waals surface area contributed by atoms with Crippen LogP contribution in [0.4, 0.5) is 5.69 Å². The van der Waals surface area contributed by atoms with Gasteiger partial charge in [0.1, 0.15) is 0 Å². The maximum Gasteiger partial charge on any atom is 0.269 e. The number of nitrogens with one attached hydrogen (secondary N) is 1. The van der Waals surface area contributed by atoms with Crippen molar-refractivity contribution in [3.8, 4) is 0 Å². The molecule has 5 nitrogen and oxygen atoms in total. The van der Waals surface area contributed by atoms with Crippen molar-refractivity contribution in [2.75, 3.05) is 5.75 Å². The lowest BCUT2D eigenvalue weighted by Crippen LogP contribution is -2.25. The molecule has 1 N–H and O–H groups in total. The average molecular weight is 399 g/mol. The number of halogens is 2. The van der Waals surface area contributed by atoms with Crippen LogP contribution in [0.5, 0.6) is 0 Å². The lowest BCUT2D eigenvalue weighted by molar-refractivity contribution is -0.384. The van der Waals surface area contributed by atoms with Crippen molar-refractivity contribution in [1.82, 2.24) is 5.32 Å². The maximum atomic E-state index is 12.0. The standard InChI is InChI=1S/C17H16Cl2N2O3S/c1-11(12-3-2-4-15(7-12)21(23)24)25-10-17(22)20-9-13-5-6-14(18)8-16(13)19/h2-8,11H,9-10H2,1H3,(H,20,22)/t11-/m1/s1. The largest absolute Gasteiger partial charge is 0.351 e. The van der Waals surface area contributed by atoms with Crippen molar-refractivity contribution in [1.29, 1.82) is 0 Å². The molecule has 0 aliphatic rings. The average Bonchev–Trinajstić information content (AvgIpc) is 2.59. The Morgan fingerprint density at radius 3 is 2.72 bits per heavy atom. The van der Waals surface area contributed by atoms with Crippen molar-refractivity contribution in [3.05, 3.63) is 73.8 Å². The molecular weight excluding hydrogens is 383 g/mol. The van der Waals surface area contributed by atoms with Gasteiger partial charge < -0.3 is 5.32 Å². The van der Waals surface area contributed by atoms with Gasteiger partial charge in [-0.15, -0.1) is 11.8 Å². The number of hydrogen-bond acceptors (Lipinski definition) is 4. The Balaban J connectivity index is 1.85. The molecule has 1 atom stereocenters. The van der Waals surface area contributed by atoms with Crippen molar-refractivity contribution in [2.45, 2.75) is 18.7 Å². The highest BCUT2D eigenvalue weighted by Crippen LogP contribution is 2.30. The van der Waals surface area contributed by atoms with Crippen LogP contribution < -0.4 is 5.32 Å². The van der Waals surface area contributed by atoms with E-state index in [2.05, 4.69) is 5.32 Å². The van der Waals surface area contributed by atoms with Crippen LogP contribution in [-0.4, -0.2) is 16.6 Å². The van der Waals surface area contributed by atoms with Crippen LogP contribution in [0.25, 0.3) is 0 Å². The molecule has 0 aliphatic heterocycles. The van der Waals surface area contributed by atoms with Gasteiger partial charge in [-0.25, -0.2) is 0 Å². The molecule has 0 fully saturated rings. The molecule has 0 aliphatic carbocycles. The zero-order chi connectivity index (χ0) is 18.4. The van der Waals surface area contributed by atoms with E-state index in [-0.39, 0.29) is 22.6 Å². The molecule has 2 rings (SSSR count). The summed E-state index contributed by atoms with van der Waals surface area (Å²) in [4.78, 5) is 22.4. The zero-order valence-electron chi connectivity index (χ0n) is 13.4. The van der Waals surface area contributed by atoms with Gasteiger partial charge in [0.05, 0.1) is 10.7 Å². The Bertz CT molecular complexity index is 786. The Hall–Kier alpha value is -1.76. The molecule has 0 saturated carbocycles. The van der Waals surface area contributed by atoms with Gasteiger partial charge in [-0.05, 0) is 30.2 Å². The zero-order valence-corrected chi connectivity index (χ0v) is 15.7. The summed E-state index contributed by atoms with van der Waals surface area (Å²) in [5.41, 5.74) is 1.65. The minimum absolute atomic E-state index is 0.0373. The minimum atomic E-state index is -0.427. The number of nitrogens with zero attached hydrogens (tertiary/aromatic N) is 1. The third kappa shape index (κ3) is 5.92. The number of rotatable bonds is 7. The topological polar surface area (TPSA) is 72.2 Å². The maximum absolute atomic E-state index is 12.0. The normalized spacial score (nSPS) is 11.8. The first-order valence-electron chi connectivity index (χ1n) is 7.43. The van der Waals surface area contributed by atoms with Gasteiger partial charge in [-0.3, -0.25) is 14.9 Å². The molecule has 0 saturated heterocycles. The highest BCUT2D eigenvalue weighted by atomic mass is 35.5. The van der Waals surface area contributed by atoms with E-state index in [0.29, 0.717) is 16.6 Å². The van der Waals surface area contributed by atoms with E-state index in [4.69, 9.17) is 23.2 Å². The molecule has 2 aromatic rings. The number of carbonyl (C=O) groups is 1. The van der Waals surface area contributed by atoms with Gasteiger partial charge in [0.15, 0.2) is 0 Å². The number of non-ortho nitro benzene ring substituents is 1. The first kappa shape index (κ1) is 19.6. The van der Waals surface area contributed by atoms with Crippen molar-refractivity contribution >= 4 is 46.6 Å². The second-order valence-electron chi connectivity index (χ2n) is 5.32. The number of nitro benzene ring substituents is 1. The van der Waals surface area contributed by atoms with Crippen LogP contribution in [0.2, 0.25) is 10.0 Å². The van der Waals surface area contributed by atoms with Crippen LogP contribution in [0.3, 0.4) is 0 Å². The van der Waals surface area contributed by atoms with Gasteiger partial charge in [-0.1, -0.05) is 41.4 Å². The SMILES string of the molecule is C[C@@H](SCC(=O)NCc1ccc(Cl)cc1Cl)c1cccc([N+](=O)[O-])c1. The van der Waals surface area contributed by atoms with E-state index in [1.807, 2.05) is 13.0 Å². The second kappa shape index (κ2) is 9.08. The highest BCUT2D eigenvalue weighted by molar-refractivity contribution is 8.00. The van der Waals surface area contributed by atoms with E-state index < -0.39 is 4.92 Å². The summed E-state index contributed by atoms with van der Waals surface area (Å²) < 4.78 is 0. The fourth-order valence-corrected chi connectivity index (χ4v) is 3.42. The van der Waals surface area contributed by atoms with Crippen LogP contribution in [0.1, 0.15) is 23.3 Å². The number of thioether (sulfide) groups is 1. The van der Waals surface area contributed by atoms with E-state index in [1.54, 1.807) is 24.3 Å². The Kier molecular flexibility index (Phi) is 7.11. The Morgan fingerprint density at radius 2 is 2.04 bits per heavy atom. The third-order valence-corrected chi connectivity index (χ3v) is 5.29. The van der Waals surface area contributed by atoms with E-state index in [1.165, 1.54) is 23.9 Å². The van der Waals surface area contributed by atoms with Crippen molar-refractivity contribution in [2.24, 2.45) is 0 Å². The summed E-state index contributed by atoms with van der Waals surface area (Å²) in [7, 11) is 0. The lowest BCUT2D eigenvalue weighted by Gasteiger charge is -2.12. The number of benzene rings is 2. The van der Waals surface area contributed by atoms with Crippen LogP contribution in [0.15, 0.2) is 42.5 Å². The summed E-state index contributed by atoms with van der Waals surface area (Å²) in [6.45, 7) is 2.23. The van der Waals surface area contributed by atoms with Gasteiger partial charge >= 0.3 is 0 Å². The smallest absolute Gasteiger partial charge is 0.269 e. The van der Waals surface area contributed by atoms with Gasteiger partial charge in [0, 0.05) is 34.0 Å². The summed E-state index contributed by atoms with van der Waals surface area (Å²) in [6.07, 6.45) is 0. The van der Waals surface area contributed by atoms with Crippen molar-refractivity contribution in [3.63, 3.8) is 0 Å². The molecule has 2 aromatic carbocycles. The third-order valence-electron chi connectivity index (χ3n) is 3.51. The van der Waals surface area contributed by atoms with E-state index in [9.17, 15) is 14.9 Å². The summed E-state index contributed by atoms with van der Waals surface area (Å²) in [5.74, 6) is 0.114. The summed E-state index contributed by atoms with van der Waals surface area (Å²) in [6, 6.07) is 11.6. The fourth-order valence-electron chi connectivity index (χ4n) is 2.10. The quantitative estimate of drug-likeness (QED) is 0.525. The molecule has 25 heavy (non-hydrogen) atoms. The minimum Gasteiger partial charge on any atom is -0.351 e. The molecule has 0 heterocycles. The van der Waals surface area contributed by atoms with Crippen LogP contribution >= 0.6 is 35.0 Å². The molecule has 0 spiro atoms.